The summed E-state index contributed by atoms with van der Waals surface area (Å²) >= 11 is 0. The molecule has 0 bridgehead atoms. The van der Waals surface area contributed by atoms with Crippen LogP contribution in [0.15, 0.2) is 168 Å². The lowest BCUT2D eigenvalue weighted by molar-refractivity contribution is 0.668. The van der Waals surface area contributed by atoms with Crippen molar-refractivity contribution < 1.29 is 4.42 Å². The molecule has 6 heteroatoms. The molecule has 258 valence electrons. The highest BCUT2D eigenvalue weighted by molar-refractivity contribution is 6.26. The van der Waals surface area contributed by atoms with Gasteiger partial charge in [0.05, 0.1) is 56.4 Å². The van der Waals surface area contributed by atoms with Gasteiger partial charge in [0.15, 0.2) is 0 Å². The maximum absolute atomic E-state index is 9.68. The molecule has 4 aromatic heterocycles. The molecule has 8 aromatic carbocycles. The fourth-order valence-electron chi connectivity index (χ4n) is 9.10. The number of para-hydroxylation sites is 3. The molecule has 0 aliphatic carbocycles. The number of furan rings is 1. The Balaban J connectivity index is 1.10. The average molecular weight is 714 g/mol. The zero-order chi connectivity index (χ0) is 37.1. The van der Waals surface area contributed by atoms with Crippen LogP contribution in [-0.4, -0.2) is 13.7 Å². The second-order valence-electron chi connectivity index (χ2n) is 14.4. The summed E-state index contributed by atoms with van der Waals surface area (Å²) in [6, 6.07) is 61.3. The molecule has 6 nitrogen and oxygen atoms in total. The van der Waals surface area contributed by atoms with Crippen molar-refractivity contribution in [3.8, 4) is 29.2 Å². The third-order valence-electron chi connectivity index (χ3n) is 11.5. The van der Waals surface area contributed by atoms with Gasteiger partial charge in [-0.05, 0) is 97.1 Å². The van der Waals surface area contributed by atoms with Crippen LogP contribution in [0.2, 0.25) is 0 Å². The van der Waals surface area contributed by atoms with Crippen molar-refractivity contribution in [2.45, 2.75) is 0 Å². The summed E-state index contributed by atoms with van der Waals surface area (Å²) in [6.07, 6.45) is 0. The lowest BCUT2D eigenvalue weighted by Crippen LogP contribution is -1.95. The zero-order valence-electron chi connectivity index (χ0n) is 29.7. The first-order chi connectivity index (χ1) is 27.7. The summed E-state index contributed by atoms with van der Waals surface area (Å²) in [6.45, 7) is 0. The third-order valence-corrected chi connectivity index (χ3v) is 11.5. The molecular formula is C50H27N5O. The number of nitrogens with zero attached hydrogens (tertiary/aromatic N) is 5. The Bertz CT molecular complexity index is 3660. The van der Waals surface area contributed by atoms with E-state index in [-0.39, 0.29) is 0 Å². The van der Waals surface area contributed by atoms with Crippen LogP contribution in [-0.2, 0) is 0 Å². The molecule has 56 heavy (non-hydrogen) atoms. The fourth-order valence-corrected chi connectivity index (χ4v) is 9.10. The summed E-state index contributed by atoms with van der Waals surface area (Å²) in [5, 5.41) is 28.1. The van der Waals surface area contributed by atoms with Gasteiger partial charge >= 0.3 is 0 Å². The van der Waals surface area contributed by atoms with Gasteiger partial charge in [0.2, 0.25) is 0 Å². The van der Waals surface area contributed by atoms with Gasteiger partial charge in [-0.15, -0.1) is 0 Å². The van der Waals surface area contributed by atoms with E-state index in [1.165, 1.54) is 27.1 Å². The quantitative estimate of drug-likeness (QED) is 0.183. The van der Waals surface area contributed by atoms with Crippen molar-refractivity contribution in [2.24, 2.45) is 0 Å². The Morgan fingerprint density at radius 3 is 1.66 bits per heavy atom. The molecule has 12 aromatic rings. The molecule has 0 fully saturated rings. The SMILES string of the molecule is N#Cc1ccc2c(c1)c1cc(C#N)ccc1n2-c1ccc2oc3cc(-n4c5ccccc5c5ccc6c(c7ccccc7n6-c6ccccc6)c54)ccc3c2c1. The number of hydrogen-bond acceptors (Lipinski definition) is 3. The van der Waals surface area contributed by atoms with E-state index in [0.29, 0.717) is 11.1 Å². The molecule has 0 aliphatic heterocycles. The predicted molar refractivity (Wildman–Crippen MR) is 226 cm³/mol. The van der Waals surface area contributed by atoms with E-state index in [1.807, 2.05) is 42.5 Å². The maximum atomic E-state index is 9.68. The van der Waals surface area contributed by atoms with Crippen LogP contribution >= 0.6 is 0 Å². The second-order valence-corrected chi connectivity index (χ2v) is 14.4. The summed E-state index contributed by atoms with van der Waals surface area (Å²) in [5.41, 5.74) is 12.4. The molecule has 0 N–H and O–H groups in total. The molecule has 0 saturated carbocycles. The van der Waals surface area contributed by atoms with Crippen molar-refractivity contribution in [3.63, 3.8) is 0 Å². The van der Waals surface area contributed by atoms with Crippen LogP contribution in [0.3, 0.4) is 0 Å². The Morgan fingerprint density at radius 1 is 0.357 bits per heavy atom. The van der Waals surface area contributed by atoms with Crippen LogP contribution in [0.25, 0.3) is 104 Å². The van der Waals surface area contributed by atoms with E-state index in [1.54, 1.807) is 0 Å². The average Bonchev–Trinajstić information content (AvgIpc) is 3.99. The molecule has 4 heterocycles. The number of rotatable bonds is 3. The topological polar surface area (TPSA) is 75.5 Å². The molecule has 0 saturated heterocycles. The van der Waals surface area contributed by atoms with Crippen molar-refractivity contribution in [2.75, 3.05) is 0 Å². The Morgan fingerprint density at radius 2 is 0.929 bits per heavy atom. The summed E-state index contributed by atoms with van der Waals surface area (Å²) in [7, 11) is 0. The van der Waals surface area contributed by atoms with Crippen molar-refractivity contribution in [1.82, 2.24) is 13.7 Å². The minimum atomic E-state index is 0.580. The first-order valence-electron chi connectivity index (χ1n) is 18.5. The molecule has 0 atom stereocenters. The van der Waals surface area contributed by atoms with Gasteiger partial charge in [-0.2, -0.15) is 10.5 Å². The second kappa shape index (κ2) is 11.2. The smallest absolute Gasteiger partial charge is 0.137 e. The molecule has 0 spiro atoms. The monoisotopic (exact) mass is 713 g/mol. The van der Waals surface area contributed by atoms with E-state index in [0.717, 1.165) is 77.4 Å². The summed E-state index contributed by atoms with van der Waals surface area (Å²) in [4.78, 5) is 0. The lowest BCUT2D eigenvalue weighted by Gasteiger charge is -2.10. The Hall–Kier alpha value is -8.06. The van der Waals surface area contributed by atoms with Gasteiger partial charge in [0.25, 0.3) is 0 Å². The number of nitriles is 2. The first-order valence-corrected chi connectivity index (χ1v) is 18.5. The Labute approximate surface area is 319 Å². The van der Waals surface area contributed by atoms with Crippen LogP contribution in [0, 0.1) is 22.7 Å². The number of aromatic nitrogens is 3. The highest BCUT2D eigenvalue weighted by atomic mass is 16.3. The summed E-state index contributed by atoms with van der Waals surface area (Å²) in [5.74, 6) is 0. The van der Waals surface area contributed by atoms with Gasteiger partial charge in [-0.25, -0.2) is 0 Å². The maximum Gasteiger partial charge on any atom is 0.137 e. The minimum absolute atomic E-state index is 0.580. The van der Waals surface area contributed by atoms with E-state index in [2.05, 4.69) is 147 Å². The first kappa shape index (κ1) is 30.4. The molecule has 0 aliphatic rings. The van der Waals surface area contributed by atoms with Gasteiger partial charge in [-0.1, -0.05) is 60.7 Å². The highest BCUT2D eigenvalue weighted by Gasteiger charge is 2.22. The molecule has 0 amide bonds. The van der Waals surface area contributed by atoms with Gasteiger partial charge < -0.3 is 18.1 Å². The normalized spacial score (nSPS) is 11.9. The lowest BCUT2D eigenvalue weighted by atomic mass is 10.1. The van der Waals surface area contributed by atoms with Crippen LogP contribution in [0.1, 0.15) is 11.1 Å². The van der Waals surface area contributed by atoms with Crippen LogP contribution < -0.4 is 0 Å². The zero-order valence-corrected chi connectivity index (χ0v) is 29.7. The van der Waals surface area contributed by atoms with Crippen LogP contribution in [0.4, 0.5) is 0 Å². The largest absolute Gasteiger partial charge is 0.456 e. The van der Waals surface area contributed by atoms with Gasteiger partial charge in [-0.3, -0.25) is 0 Å². The fraction of sp³-hybridized carbons (Fsp3) is 0. The van der Waals surface area contributed by atoms with Gasteiger partial charge in [0.1, 0.15) is 11.2 Å². The van der Waals surface area contributed by atoms with E-state index < -0.39 is 0 Å². The van der Waals surface area contributed by atoms with E-state index >= 15 is 0 Å². The van der Waals surface area contributed by atoms with Crippen LogP contribution in [0.5, 0.6) is 0 Å². The number of fused-ring (bicyclic) bond motifs is 13. The van der Waals surface area contributed by atoms with Crippen molar-refractivity contribution in [3.05, 3.63) is 175 Å². The molecule has 12 rings (SSSR count). The summed E-state index contributed by atoms with van der Waals surface area (Å²) < 4.78 is 13.6. The third kappa shape index (κ3) is 4.07. The van der Waals surface area contributed by atoms with E-state index in [4.69, 9.17) is 4.42 Å². The molecule has 0 unspecified atom stereocenters. The van der Waals surface area contributed by atoms with Crippen molar-refractivity contribution >= 4 is 87.4 Å². The number of benzene rings is 8. The number of hydrogen-bond donors (Lipinski definition) is 0. The standard InChI is InChI=1S/C50H27N5O/c51-28-30-14-20-44-39(24-30)40-25-31(29-52)15-21-45(40)54(44)33-17-23-47-41(26-33)36-18-16-34(27-48(36)56-47)55-42-12-6-4-10-35(42)37-19-22-46-49(50(37)55)38-11-5-7-13-43(38)53(46)32-8-2-1-3-9-32/h1-27H. The van der Waals surface area contributed by atoms with Crippen molar-refractivity contribution in [1.29, 1.82) is 10.5 Å². The molecular weight excluding hydrogens is 687 g/mol. The predicted octanol–water partition coefficient (Wildman–Crippen LogP) is 12.6. The highest BCUT2D eigenvalue weighted by Crippen LogP contribution is 2.43. The molecule has 0 radical (unpaired) electrons. The van der Waals surface area contributed by atoms with E-state index in [9.17, 15) is 10.5 Å². The van der Waals surface area contributed by atoms with Gasteiger partial charge in [0, 0.05) is 66.2 Å². The Kier molecular flexibility index (Phi) is 6.10. The minimum Gasteiger partial charge on any atom is -0.456 e.